The van der Waals surface area contributed by atoms with Gasteiger partial charge in [0.25, 0.3) is 0 Å². The predicted octanol–water partition coefficient (Wildman–Crippen LogP) is 2.09. The van der Waals surface area contributed by atoms with Gasteiger partial charge in [-0.3, -0.25) is 0 Å². The van der Waals surface area contributed by atoms with Crippen molar-refractivity contribution in [3.63, 3.8) is 0 Å². The Morgan fingerprint density at radius 3 is 3.00 bits per heavy atom. The molecule has 2 heterocycles. The van der Waals surface area contributed by atoms with Crippen molar-refractivity contribution in [2.24, 2.45) is 5.73 Å². The highest BCUT2D eigenvalue weighted by molar-refractivity contribution is 9.11. The first-order valence-electron chi connectivity index (χ1n) is 4.96. The lowest BCUT2D eigenvalue weighted by Gasteiger charge is -2.13. The van der Waals surface area contributed by atoms with Crippen molar-refractivity contribution in [2.45, 2.75) is 18.9 Å². The molecule has 0 aliphatic carbocycles. The molecule has 4 heteroatoms. The van der Waals surface area contributed by atoms with Gasteiger partial charge in [0.15, 0.2) is 0 Å². The van der Waals surface area contributed by atoms with Gasteiger partial charge in [-0.15, -0.1) is 11.3 Å². The Morgan fingerprint density at radius 1 is 1.57 bits per heavy atom. The zero-order valence-corrected chi connectivity index (χ0v) is 10.5. The molecule has 0 spiro atoms. The highest BCUT2D eigenvalue weighted by atomic mass is 79.9. The quantitative estimate of drug-likeness (QED) is 0.915. The number of thiophene rings is 1. The maximum atomic E-state index is 5.85. The molecule has 1 aliphatic heterocycles. The van der Waals surface area contributed by atoms with E-state index in [4.69, 9.17) is 5.73 Å². The van der Waals surface area contributed by atoms with Crippen LogP contribution < -0.4 is 5.73 Å². The number of halogens is 1. The lowest BCUT2D eigenvalue weighted by molar-refractivity contribution is 0.340. The summed E-state index contributed by atoms with van der Waals surface area (Å²) in [7, 11) is 0. The number of likely N-dealkylation sites (tertiary alicyclic amines) is 1. The maximum Gasteiger partial charge on any atom is 0.0701 e. The molecule has 1 aromatic heterocycles. The van der Waals surface area contributed by atoms with Gasteiger partial charge in [-0.2, -0.15) is 0 Å². The SMILES string of the molecule is NC1CCN(CCc2ccc(Br)s2)C1. The lowest BCUT2D eigenvalue weighted by Crippen LogP contribution is -2.28. The largest absolute Gasteiger partial charge is 0.326 e. The molecular formula is C10H15BrN2S. The van der Waals surface area contributed by atoms with Crippen LogP contribution in [0, 0.1) is 0 Å². The summed E-state index contributed by atoms with van der Waals surface area (Å²) >= 11 is 5.31. The highest BCUT2D eigenvalue weighted by Gasteiger charge is 2.18. The molecule has 2 rings (SSSR count). The first-order chi connectivity index (χ1) is 6.74. The molecule has 1 saturated heterocycles. The zero-order chi connectivity index (χ0) is 9.97. The average Bonchev–Trinajstić information content (AvgIpc) is 2.72. The zero-order valence-electron chi connectivity index (χ0n) is 8.08. The van der Waals surface area contributed by atoms with Crippen molar-refractivity contribution in [2.75, 3.05) is 19.6 Å². The lowest BCUT2D eigenvalue weighted by atomic mass is 10.3. The summed E-state index contributed by atoms with van der Waals surface area (Å²) in [4.78, 5) is 3.91. The monoisotopic (exact) mass is 274 g/mol. The van der Waals surface area contributed by atoms with E-state index >= 15 is 0 Å². The molecule has 1 atom stereocenters. The normalized spacial score (nSPS) is 23.1. The molecular weight excluding hydrogens is 260 g/mol. The fourth-order valence-corrected chi connectivity index (χ4v) is 3.29. The minimum Gasteiger partial charge on any atom is -0.326 e. The van der Waals surface area contributed by atoms with Crippen molar-refractivity contribution in [1.82, 2.24) is 4.90 Å². The van der Waals surface area contributed by atoms with E-state index in [1.165, 1.54) is 15.2 Å². The van der Waals surface area contributed by atoms with E-state index < -0.39 is 0 Å². The average molecular weight is 275 g/mol. The second-order valence-corrected chi connectivity index (χ2v) is 6.35. The fourth-order valence-electron chi connectivity index (χ4n) is 1.82. The first-order valence-corrected chi connectivity index (χ1v) is 6.57. The topological polar surface area (TPSA) is 29.3 Å². The molecule has 1 aromatic rings. The van der Waals surface area contributed by atoms with E-state index in [1.54, 1.807) is 0 Å². The second kappa shape index (κ2) is 4.75. The maximum absolute atomic E-state index is 5.85. The summed E-state index contributed by atoms with van der Waals surface area (Å²) < 4.78 is 1.23. The van der Waals surface area contributed by atoms with Crippen LogP contribution in [0.5, 0.6) is 0 Å². The summed E-state index contributed by atoms with van der Waals surface area (Å²) in [5.74, 6) is 0. The van der Waals surface area contributed by atoms with Gasteiger partial charge in [-0.1, -0.05) is 0 Å². The minimum absolute atomic E-state index is 0.407. The van der Waals surface area contributed by atoms with Crippen LogP contribution in [0.15, 0.2) is 15.9 Å². The molecule has 0 bridgehead atoms. The third kappa shape index (κ3) is 2.79. The molecule has 14 heavy (non-hydrogen) atoms. The third-order valence-electron chi connectivity index (χ3n) is 2.61. The molecule has 1 aliphatic rings. The van der Waals surface area contributed by atoms with Crippen molar-refractivity contribution < 1.29 is 0 Å². The standard InChI is InChI=1S/C10H15BrN2S/c11-10-2-1-9(14-10)4-6-13-5-3-8(12)7-13/h1-2,8H,3-7,12H2. The van der Waals surface area contributed by atoms with Gasteiger partial charge in [0, 0.05) is 24.0 Å². The highest BCUT2D eigenvalue weighted by Crippen LogP contribution is 2.22. The van der Waals surface area contributed by atoms with Gasteiger partial charge < -0.3 is 10.6 Å². The van der Waals surface area contributed by atoms with Gasteiger partial charge in [-0.05, 0) is 47.4 Å². The van der Waals surface area contributed by atoms with Gasteiger partial charge in [0.05, 0.1) is 3.79 Å². The Hall–Kier alpha value is 0.1000. The second-order valence-electron chi connectivity index (χ2n) is 3.81. The van der Waals surface area contributed by atoms with Crippen LogP contribution in [0.1, 0.15) is 11.3 Å². The van der Waals surface area contributed by atoms with Gasteiger partial charge >= 0.3 is 0 Å². The minimum atomic E-state index is 0.407. The van der Waals surface area contributed by atoms with Crippen LogP contribution in [0.4, 0.5) is 0 Å². The van der Waals surface area contributed by atoms with E-state index in [0.29, 0.717) is 6.04 Å². The van der Waals surface area contributed by atoms with E-state index in [2.05, 4.69) is 33.0 Å². The van der Waals surface area contributed by atoms with Crippen molar-refractivity contribution in [3.8, 4) is 0 Å². The van der Waals surface area contributed by atoms with E-state index in [0.717, 1.165) is 25.9 Å². The van der Waals surface area contributed by atoms with Crippen LogP contribution in [0.2, 0.25) is 0 Å². The Morgan fingerprint density at radius 2 is 2.43 bits per heavy atom. The Bertz CT molecular complexity index is 300. The van der Waals surface area contributed by atoms with Crippen LogP contribution in [0.25, 0.3) is 0 Å². The van der Waals surface area contributed by atoms with E-state index in [1.807, 2.05) is 11.3 Å². The van der Waals surface area contributed by atoms with Crippen molar-refractivity contribution >= 4 is 27.3 Å². The van der Waals surface area contributed by atoms with Gasteiger partial charge in [0.1, 0.15) is 0 Å². The molecule has 1 fully saturated rings. The fraction of sp³-hybridized carbons (Fsp3) is 0.600. The third-order valence-corrected chi connectivity index (χ3v) is 4.30. The number of nitrogens with zero attached hydrogens (tertiary/aromatic N) is 1. The van der Waals surface area contributed by atoms with E-state index in [9.17, 15) is 0 Å². The summed E-state index contributed by atoms with van der Waals surface area (Å²) in [6, 6.07) is 4.73. The first kappa shape index (κ1) is 10.6. The Balaban J connectivity index is 1.77. The van der Waals surface area contributed by atoms with Crippen LogP contribution in [-0.4, -0.2) is 30.6 Å². The van der Waals surface area contributed by atoms with Crippen LogP contribution in [-0.2, 0) is 6.42 Å². The Labute approximate surface area is 97.2 Å². The van der Waals surface area contributed by atoms with Crippen LogP contribution >= 0.6 is 27.3 Å². The number of hydrogen-bond donors (Lipinski definition) is 1. The molecule has 78 valence electrons. The summed E-state index contributed by atoms with van der Waals surface area (Å²) in [6.07, 6.45) is 2.32. The molecule has 2 nitrogen and oxygen atoms in total. The van der Waals surface area contributed by atoms with E-state index in [-0.39, 0.29) is 0 Å². The molecule has 0 radical (unpaired) electrons. The Kier molecular flexibility index (Phi) is 3.60. The summed E-state index contributed by atoms with van der Waals surface area (Å²) in [5.41, 5.74) is 5.85. The van der Waals surface area contributed by atoms with Crippen molar-refractivity contribution in [3.05, 3.63) is 20.8 Å². The molecule has 2 N–H and O–H groups in total. The van der Waals surface area contributed by atoms with Crippen molar-refractivity contribution in [1.29, 1.82) is 0 Å². The number of rotatable bonds is 3. The molecule has 0 saturated carbocycles. The predicted molar refractivity (Wildman–Crippen MR) is 64.8 cm³/mol. The van der Waals surface area contributed by atoms with Gasteiger partial charge in [0.2, 0.25) is 0 Å². The smallest absolute Gasteiger partial charge is 0.0701 e. The summed E-state index contributed by atoms with van der Waals surface area (Å²) in [6.45, 7) is 3.40. The molecule has 0 amide bonds. The number of hydrogen-bond acceptors (Lipinski definition) is 3. The van der Waals surface area contributed by atoms with Crippen LogP contribution in [0.3, 0.4) is 0 Å². The molecule has 1 unspecified atom stereocenters. The summed E-state index contributed by atoms with van der Waals surface area (Å²) in [5, 5.41) is 0. The molecule has 0 aromatic carbocycles. The van der Waals surface area contributed by atoms with Gasteiger partial charge in [-0.25, -0.2) is 0 Å². The number of nitrogens with two attached hydrogens (primary N) is 1.